The molecule has 0 unspecified atom stereocenters. The Morgan fingerprint density at radius 3 is 3.00 bits per heavy atom. The molecular weight excluding hydrogens is 228 g/mol. The minimum absolute atomic E-state index is 0.00451. The third-order valence-electron chi connectivity index (χ3n) is 2.70. The molecule has 0 bridgehead atoms. The van der Waals surface area contributed by atoms with Crippen LogP contribution in [-0.2, 0) is 4.74 Å². The Labute approximate surface area is 97.7 Å². The van der Waals surface area contributed by atoms with Gasteiger partial charge in [-0.3, -0.25) is 14.3 Å². The van der Waals surface area contributed by atoms with Gasteiger partial charge in [-0.1, -0.05) is 0 Å². The molecule has 94 valence electrons. The lowest BCUT2D eigenvalue weighted by atomic mass is 10.2. The number of aromatic amines is 1. The molecule has 0 spiro atoms. The van der Waals surface area contributed by atoms with E-state index in [-0.39, 0.29) is 6.42 Å². The van der Waals surface area contributed by atoms with Gasteiger partial charge in [-0.2, -0.15) is 0 Å². The number of H-pyrrole nitrogens is 1. The highest BCUT2D eigenvalue weighted by Gasteiger charge is 2.34. The molecule has 1 aliphatic rings. The molecule has 2 rings (SSSR count). The summed E-state index contributed by atoms with van der Waals surface area (Å²) in [5.74, 6) is 0. The van der Waals surface area contributed by atoms with Crippen LogP contribution in [0.25, 0.3) is 0 Å². The fourth-order valence-electron chi connectivity index (χ4n) is 1.74. The first-order valence-electron chi connectivity index (χ1n) is 5.66. The summed E-state index contributed by atoms with van der Waals surface area (Å²) in [7, 11) is 0. The van der Waals surface area contributed by atoms with Gasteiger partial charge in [0, 0.05) is 18.2 Å². The molecule has 0 aliphatic carbocycles. The first kappa shape index (κ1) is 10.7. The maximum absolute atomic E-state index is 11.6. The van der Waals surface area contributed by atoms with Crippen LogP contribution in [0.5, 0.6) is 0 Å². The summed E-state index contributed by atoms with van der Waals surface area (Å²) in [6, 6.07) is 0. The third kappa shape index (κ3) is 2.17. The third-order valence-corrected chi connectivity index (χ3v) is 2.70. The molecule has 1 aromatic heterocycles. The van der Waals surface area contributed by atoms with Crippen molar-refractivity contribution in [3.63, 3.8) is 0 Å². The predicted molar refractivity (Wildman–Crippen MR) is 57.7 cm³/mol. The van der Waals surface area contributed by atoms with Crippen molar-refractivity contribution < 1.29 is 16.3 Å². The number of aromatic nitrogens is 2. The molecular formula is C10H14N2O5. The quantitative estimate of drug-likeness (QED) is 0.585. The Morgan fingerprint density at radius 1 is 1.71 bits per heavy atom. The van der Waals surface area contributed by atoms with Crippen LogP contribution < -0.4 is 11.2 Å². The minimum atomic E-state index is -1.84. The number of aryl methyl sites for hydroxylation is 1. The van der Waals surface area contributed by atoms with Crippen molar-refractivity contribution in [2.75, 3.05) is 6.61 Å². The highest BCUT2D eigenvalue weighted by atomic mass is 16.5. The van der Waals surface area contributed by atoms with Crippen molar-refractivity contribution >= 4 is 0 Å². The van der Waals surface area contributed by atoms with E-state index in [9.17, 15) is 14.7 Å². The summed E-state index contributed by atoms with van der Waals surface area (Å²) in [6.45, 7) is 0.849. The smallest absolute Gasteiger partial charge is 0.330 e. The second kappa shape index (κ2) is 4.44. The van der Waals surface area contributed by atoms with Gasteiger partial charge in [-0.25, -0.2) is 4.79 Å². The standard InChI is InChI=1S/C10H14N2O5/c1-5-3-12(10(16)11-9(5)15)8-2-6(14)7(4-13)17-8/h3,6-8,13-14H,2,4H2,1H3,(H,11,15,16)/t6-,7+,8+/m0/s1/i7D. The molecule has 17 heavy (non-hydrogen) atoms. The lowest BCUT2D eigenvalue weighted by Gasteiger charge is -2.14. The second-order valence-electron chi connectivity index (χ2n) is 3.93. The molecule has 1 aromatic rings. The van der Waals surface area contributed by atoms with Gasteiger partial charge in [-0.05, 0) is 6.92 Å². The number of aliphatic hydroxyl groups excluding tert-OH is 2. The topological polar surface area (TPSA) is 105 Å². The molecule has 1 fully saturated rings. The van der Waals surface area contributed by atoms with E-state index < -0.39 is 36.3 Å². The lowest BCUT2D eigenvalue weighted by Crippen LogP contribution is -2.33. The SMILES string of the molecule is [2H][C@]1(CO)O[C@@H](n2cc(C)c(=O)[nH]c2=O)C[C@@H]1O. The van der Waals surface area contributed by atoms with Crippen LogP contribution in [0, 0.1) is 6.92 Å². The van der Waals surface area contributed by atoms with Crippen molar-refractivity contribution in [2.24, 2.45) is 0 Å². The molecule has 7 heteroatoms. The van der Waals surface area contributed by atoms with Crippen LogP contribution in [0.1, 0.15) is 19.6 Å². The van der Waals surface area contributed by atoms with Gasteiger partial charge >= 0.3 is 5.69 Å². The van der Waals surface area contributed by atoms with Gasteiger partial charge in [0.25, 0.3) is 5.56 Å². The average molecular weight is 243 g/mol. The van der Waals surface area contributed by atoms with Gasteiger partial charge in [0.2, 0.25) is 0 Å². The molecule has 1 aliphatic heterocycles. The fraction of sp³-hybridized carbons (Fsp3) is 0.600. The molecule has 0 amide bonds. The molecule has 0 radical (unpaired) electrons. The van der Waals surface area contributed by atoms with Crippen LogP contribution in [0.3, 0.4) is 0 Å². The van der Waals surface area contributed by atoms with Crippen molar-refractivity contribution in [1.29, 1.82) is 0 Å². The summed E-state index contributed by atoms with van der Waals surface area (Å²) in [6.07, 6.45) is -2.62. The monoisotopic (exact) mass is 243 g/mol. The van der Waals surface area contributed by atoms with Gasteiger partial charge in [0.05, 0.1) is 14.1 Å². The van der Waals surface area contributed by atoms with E-state index in [2.05, 4.69) is 4.98 Å². The van der Waals surface area contributed by atoms with Crippen molar-refractivity contribution in [2.45, 2.75) is 31.8 Å². The summed E-state index contributed by atoms with van der Waals surface area (Å²) in [4.78, 5) is 24.9. The Bertz CT molecular complexity index is 568. The average Bonchev–Trinajstić information content (AvgIpc) is 2.61. The summed E-state index contributed by atoms with van der Waals surface area (Å²) < 4.78 is 14.0. The number of nitrogens with one attached hydrogen (secondary N) is 1. The molecule has 3 atom stereocenters. The van der Waals surface area contributed by atoms with Gasteiger partial charge in [-0.15, -0.1) is 0 Å². The van der Waals surface area contributed by atoms with E-state index in [1.165, 1.54) is 13.1 Å². The summed E-state index contributed by atoms with van der Waals surface area (Å²) in [5.41, 5.74) is -0.849. The van der Waals surface area contributed by atoms with E-state index in [1.807, 2.05) is 0 Å². The number of aliphatic hydroxyl groups is 2. The van der Waals surface area contributed by atoms with E-state index in [0.717, 1.165) is 4.57 Å². The van der Waals surface area contributed by atoms with E-state index in [4.69, 9.17) is 11.2 Å². The molecule has 0 aromatic carbocycles. The lowest BCUT2D eigenvalue weighted by molar-refractivity contribution is -0.0459. The van der Waals surface area contributed by atoms with E-state index in [0.29, 0.717) is 5.56 Å². The fourth-order valence-corrected chi connectivity index (χ4v) is 1.74. The number of nitrogens with zero attached hydrogens (tertiary/aromatic N) is 1. The number of ether oxygens (including phenoxy) is 1. The zero-order valence-electron chi connectivity index (χ0n) is 10.2. The van der Waals surface area contributed by atoms with Crippen molar-refractivity contribution in [3.8, 4) is 0 Å². The maximum atomic E-state index is 11.6. The minimum Gasteiger partial charge on any atom is -0.394 e. The first-order valence-corrected chi connectivity index (χ1v) is 5.16. The Balaban J connectivity index is 2.38. The normalized spacial score (nSPS) is 33.7. The molecule has 2 heterocycles. The Morgan fingerprint density at radius 2 is 2.41 bits per heavy atom. The van der Waals surface area contributed by atoms with E-state index >= 15 is 0 Å². The number of hydrogen-bond acceptors (Lipinski definition) is 5. The maximum Gasteiger partial charge on any atom is 0.330 e. The van der Waals surface area contributed by atoms with Gasteiger partial charge in [0.1, 0.15) is 12.3 Å². The second-order valence-corrected chi connectivity index (χ2v) is 3.93. The van der Waals surface area contributed by atoms with Crippen LogP contribution in [0.4, 0.5) is 0 Å². The largest absolute Gasteiger partial charge is 0.394 e. The Kier molecular flexibility index (Phi) is 2.79. The predicted octanol–water partition coefficient (Wildman–Crippen LogP) is -1.51. The van der Waals surface area contributed by atoms with Gasteiger partial charge in [0.15, 0.2) is 0 Å². The summed E-state index contributed by atoms with van der Waals surface area (Å²) >= 11 is 0. The molecule has 3 N–H and O–H groups in total. The zero-order valence-corrected chi connectivity index (χ0v) is 9.21. The Hall–Kier alpha value is -1.44. The van der Waals surface area contributed by atoms with Crippen LogP contribution in [0.15, 0.2) is 15.8 Å². The summed E-state index contributed by atoms with van der Waals surface area (Å²) in [5, 5.41) is 18.6. The van der Waals surface area contributed by atoms with Crippen molar-refractivity contribution in [3.05, 3.63) is 32.6 Å². The molecule has 0 saturated carbocycles. The van der Waals surface area contributed by atoms with Crippen molar-refractivity contribution in [1.82, 2.24) is 9.55 Å². The van der Waals surface area contributed by atoms with Crippen LogP contribution in [0.2, 0.25) is 0 Å². The van der Waals surface area contributed by atoms with E-state index in [1.54, 1.807) is 0 Å². The first-order chi connectivity index (χ1) is 8.37. The van der Waals surface area contributed by atoms with Crippen LogP contribution in [-0.4, -0.2) is 38.6 Å². The number of hydrogen-bond donors (Lipinski definition) is 3. The number of rotatable bonds is 2. The highest BCUT2D eigenvalue weighted by molar-refractivity contribution is 5.02. The highest BCUT2D eigenvalue weighted by Crippen LogP contribution is 2.27. The van der Waals surface area contributed by atoms with Gasteiger partial charge < -0.3 is 14.9 Å². The zero-order chi connectivity index (χ0) is 13.5. The molecule has 1 saturated heterocycles. The molecule has 7 nitrogen and oxygen atoms in total. The van der Waals surface area contributed by atoms with Crippen LogP contribution >= 0.6 is 0 Å².